The van der Waals surface area contributed by atoms with Gasteiger partial charge in [-0.25, -0.2) is 9.59 Å². The number of amides is 2. The largest absolute Gasteiger partial charge is 0.490 e. The number of carbonyl (C=O) groups is 4. The summed E-state index contributed by atoms with van der Waals surface area (Å²) in [5.74, 6) is -5.47. The number of anilines is 3. The lowest BCUT2D eigenvalue weighted by molar-refractivity contribution is -0.193. The van der Waals surface area contributed by atoms with E-state index in [1.165, 1.54) is 5.69 Å². The van der Waals surface area contributed by atoms with Crippen molar-refractivity contribution in [1.29, 1.82) is 0 Å². The second-order valence-electron chi connectivity index (χ2n) is 10.8. The predicted octanol–water partition coefficient (Wildman–Crippen LogP) is 5.49. The van der Waals surface area contributed by atoms with Crippen LogP contribution in [0.25, 0.3) is 0 Å². The van der Waals surface area contributed by atoms with Crippen molar-refractivity contribution in [1.82, 2.24) is 9.88 Å². The van der Waals surface area contributed by atoms with Gasteiger partial charge in [0.1, 0.15) is 6.54 Å². The van der Waals surface area contributed by atoms with E-state index in [1.807, 2.05) is 53.7 Å². The highest BCUT2D eigenvalue weighted by molar-refractivity contribution is 6.31. The lowest BCUT2D eigenvalue weighted by atomic mass is 9.95. The molecule has 11 nitrogen and oxygen atoms in total. The number of carboxylic acid groups (broad SMARTS) is 2. The maximum Gasteiger partial charge on any atom is 0.490 e. The quantitative estimate of drug-likeness (QED) is 0.235. The maximum atomic E-state index is 13.5. The van der Waals surface area contributed by atoms with Crippen molar-refractivity contribution in [2.24, 2.45) is 5.92 Å². The number of carbonyl (C=O) groups excluding carboxylic acids is 2. The molecule has 0 atom stereocenters. The number of nitrogens with zero attached hydrogens (tertiary/aromatic N) is 4. The Morgan fingerprint density at radius 2 is 1.43 bits per heavy atom. The first kappa shape index (κ1) is 38.4. The first-order valence-electron chi connectivity index (χ1n) is 14.4. The number of nitrogens with two attached hydrogens (primary N) is 1. The minimum Gasteiger partial charge on any atom is -0.475 e. The van der Waals surface area contributed by atoms with Gasteiger partial charge in [0.05, 0.1) is 5.56 Å². The number of aromatic nitrogens is 1. The lowest BCUT2D eigenvalue weighted by Gasteiger charge is -2.36. The number of hydrogen-bond acceptors (Lipinski definition) is 7. The molecule has 2 aliphatic rings. The van der Waals surface area contributed by atoms with Gasteiger partial charge in [0.15, 0.2) is 0 Å². The zero-order chi connectivity index (χ0) is 36.5. The van der Waals surface area contributed by atoms with Crippen molar-refractivity contribution in [3.8, 4) is 0 Å². The van der Waals surface area contributed by atoms with Gasteiger partial charge in [0, 0.05) is 60.7 Å². The van der Waals surface area contributed by atoms with E-state index in [1.54, 1.807) is 23.1 Å². The Balaban J connectivity index is 0.000000392. The molecule has 2 aliphatic heterocycles. The average Bonchev–Trinajstić information content (AvgIpc) is 3.17. The molecule has 0 spiro atoms. The number of aliphatic carboxylic acids is 2. The van der Waals surface area contributed by atoms with Crippen LogP contribution in [-0.2, 0) is 20.9 Å². The maximum absolute atomic E-state index is 13.5. The smallest absolute Gasteiger partial charge is 0.475 e. The predicted molar refractivity (Wildman–Crippen MR) is 166 cm³/mol. The zero-order valence-electron chi connectivity index (χ0n) is 25.4. The molecule has 0 bridgehead atoms. The molecule has 1 aromatic heterocycles. The van der Waals surface area contributed by atoms with Crippen LogP contribution in [0, 0.1) is 5.92 Å². The summed E-state index contributed by atoms with van der Waals surface area (Å²) in [7, 11) is 0. The van der Waals surface area contributed by atoms with Crippen molar-refractivity contribution < 1.29 is 55.7 Å². The van der Waals surface area contributed by atoms with E-state index < -0.39 is 24.3 Å². The van der Waals surface area contributed by atoms with Gasteiger partial charge in [-0.1, -0.05) is 29.8 Å². The van der Waals surface area contributed by atoms with E-state index in [2.05, 4.69) is 9.88 Å². The normalized spacial score (nSPS) is 15.2. The highest BCUT2D eigenvalue weighted by atomic mass is 35.5. The van der Waals surface area contributed by atoms with Gasteiger partial charge in [-0.05, 0) is 60.7 Å². The number of alkyl halides is 6. The molecular weight excluding hydrogens is 688 g/mol. The van der Waals surface area contributed by atoms with E-state index in [-0.39, 0.29) is 18.4 Å². The van der Waals surface area contributed by atoms with E-state index >= 15 is 0 Å². The lowest BCUT2D eigenvalue weighted by Crippen LogP contribution is -2.44. The highest BCUT2D eigenvalue weighted by Gasteiger charge is 2.39. The number of piperidine rings is 1. The highest BCUT2D eigenvalue weighted by Crippen LogP contribution is 2.31. The van der Waals surface area contributed by atoms with E-state index in [0.29, 0.717) is 35.3 Å². The van der Waals surface area contributed by atoms with Crippen molar-refractivity contribution in [3.63, 3.8) is 0 Å². The van der Waals surface area contributed by atoms with Gasteiger partial charge in [0.25, 0.3) is 5.91 Å². The minimum atomic E-state index is -5.08. The second-order valence-corrected chi connectivity index (χ2v) is 11.2. The summed E-state index contributed by atoms with van der Waals surface area (Å²) in [5, 5.41) is 14.7. The number of halogens is 7. The van der Waals surface area contributed by atoms with Gasteiger partial charge in [-0.2, -0.15) is 26.3 Å². The summed E-state index contributed by atoms with van der Waals surface area (Å²) in [6, 6.07) is 16.7. The molecule has 264 valence electrons. The van der Waals surface area contributed by atoms with Crippen LogP contribution in [0.1, 0.15) is 28.8 Å². The Bertz CT molecular complexity index is 1610. The van der Waals surface area contributed by atoms with Gasteiger partial charge < -0.3 is 30.6 Å². The minimum absolute atomic E-state index is 0.00540. The summed E-state index contributed by atoms with van der Waals surface area (Å²) in [4.78, 5) is 54.5. The molecule has 1 fully saturated rings. The first-order chi connectivity index (χ1) is 22.9. The van der Waals surface area contributed by atoms with Crippen LogP contribution < -0.4 is 15.5 Å². The van der Waals surface area contributed by atoms with Crippen LogP contribution in [0.2, 0.25) is 5.02 Å². The van der Waals surface area contributed by atoms with Crippen LogP contribution in [-0.4, -0.2) is 82.4 Å². The summed E-state index contributed by atoms with van der Waals surface area (Å²) < 4.78 is 63.5. The Morgan fingerprint density at radius 1 is 0.878 bits per heavy atom. The monoisotopic (exact) mass is 717 g/mol. The van der Waals surface area contributed by atoms with Gasteiger partial charge in [-0.3, -0.25) is 14.6 Å². The molecule has 0 aliphatic carbocycles. The molecule has 2 amide bonds. The third-order valence-corrected chi connectivity index (χ3v) is 7.61. The summed E-state index contributed by atoms with van der Waals surface area (Å²) in [5.41, 5.74) is 9.76. The molecule has 3 heterocycles. The molecule has 0 radical (unpaired) electrons. The van der Waals surface area contributed by atoms with E-state index in [4.69, 9.17) is 37.1 Å². The molecule has 4 N–H and O–H groups in total. The summed E-state index contributed by atoms with van der Waals surface area (Å²) >= 11 is 6.01. The second kappa shape index (κ2) is 16.4. The molecular formula is C31H30ClF6N5O6. The zero-order valence-corrected chi connectivity index (χ0v) is 26.2. The van der Waals surface area contributed by atoms with Gasteiger partial charge >= 0.3 is 24.3 Å². The molecule has 1 saturated heterocycles. The fourth-order valence-electron chi connectivity index (χ4n) is 4.98. The van der Waals surface area contributed by atoms with Crippen molar-refractivity contribution in [2.75, 3.05) is 41.7 Å². The molecule has 2 aromatic carbocycles. The summed E-state index contributed by atoms with van der Waals surface area (Å²) in [6.07, 6.45) is -4.53. The Labute approximate surface area is 280 Å². The number of hydrogen-bond donors (Lipinski definition) is 3. The number of carboxylic acids is 2. The van der Waals surface area contributed by atoms with Gasteiger partial charge in [-0.15, -0.1) is 0 Å². The topological polar surface area (TPSA) is 157 Å². The average molecular weight is 718 g/mol. The fourth-order valence-corrected chi connectivity index (χ4v) is 5.16. The number of para-hydroxylation sites is 1. The molecule has 18 heteroatoms. The molecule has 5 rings (SSSR count). The molecule has 0 saturated carbocycles. The SMILES string of the molecule is Nc1cc(Cl)ccc1C(=O)N1CC(=O)N(CC2CCN(c3ccncc3)CC2)c2ccccc2C1.O=C(O)C(F)(F)F.O=C(O)C(F)(F)F. The van der Waals surface area contributed by atoms with Crippen molar-refractivity contribution >= 4 is 52.4 Å². The van der Waals surface area contributed by atoms with Crippen LogP contribution in [0.15, 0.2) is 67.0 Å². The van der Waals surface area contributed by atoms with Crippen molar-refractivity contribution in [2.45, 2.75) is 31.7 Å². The van der Waals surface area contributed by atoms with Crippen LogP contribution >= 0.6 is 11.6 Å². The fraction of sp³-hybridized carbons (Fsp3) is 0.323. The van der Waals surface area contributed by atoms with Crippen molar-refractivity contribution in [3.05, 3.63) is 83.1 Å². The third-order valence-electron chi connectivity index (χ3n) is 7.37. The van der Waals surface area contributed by atoms with Crippen LogP contribution in [0.5, 0.6) is 0 Å². The molecule has 0 unspecified atom stereocenters. The van der Waals surface area contributed by atoms with E-state index in [9.17, 15) is 35.9 Å². The molecule has 49 heavy (non-hydrogen) atoms. The standard InChI is InChI=1S/C27H28ClN5O2.2C2HF3O2/c28-21-5-6-23(24(29)15-21)27(35)32-17-20-3-1-2-4-25(20)33(26(34)18-32)16-19-9-13-31(14-10-19)22-7-11-30-12-8-22;2*3-2(4,5)1(6)7/h1-8,11-12,15,19H,9-10,13-14,16-18,29H2;2*(H,6,7). The number of benzene rings is 2. The van der Waals surface area contributed by atoms with Crippen LogP contribution in [0.4, 0.5) is 43.4 Å². The van der Waals surface area contributed by atoms with E-state index in [0.717, 1.165) is 37.2 Å². The Hall–Kier alpha value is -5.06. The number of pyridine rings is 1. The summed E-state index contributed by atoms with van der Waals surface area (Å²) in [6.45, 7) is 2.88. The number of nitrogen functional groups attached to an aromatic ring is 1. The van der Waals surface area contributed by atoms with Gasteiger partial charge in [0.2, 0.25) is 5.91 Å². The Morgan fingerprint density at radius 3 is 1.96 bits per heavy atom. The molecule has 3 aromatic rings. The van der Waals surface area contributed by atoms with Crippen LogP contribution in [0.3, 0.4) is 0 Å². The third kappa shape index (κ3) is 11.0. The first-order valence-corrected chi connectivity index (χ1v) is 14.7. The number of fused-ring (bicyclic) bond motifs is 1. The number of rotatable bonds is 4. The Kier molecular flexibility index (Phi) is 12.8.